The van der Waals surface area contributed by atoms with Gasteiger partial charge in [0.1, 0.15) is 0 Å². The highest BCUT2D eigenvalue weighted by Gasteiger charge is 2.25. The topological polar surface area (TPSA) is 73.8 Å². The minimum Gasteiger partial charge on any atom is -0.478 e. The molecule has 21 heavy (non-hydrogen) atoms. The number of esters is 1. The highest BCUT2D eigenvalue weighted by Crippen LogP contribution is 2.19. The molecule has 116 valence electrons. The van der Waals surface area contributed by atoms with E-state index in [0.717, 1.165) is 5.69 Å². The van der Waals surface area contributed by atoms with Crippen LogP contribution in [-0.2, 0) is 14.3 Å². The van der Waals surface area contributed by atoms with E-state index in [4.69, 9.17) is 9.47 Å². The second kappa shape index (κ2) is 7.21. The van der Waals surface area contributed by atoms with Crippen LogP contribution in [0.5, 0.6) is 5.88 Å². The maximum absolute atomic E-state index is 11.3. The zero-order chi connectivity index (χ0) is 15.2. The Morgan fingerprint density at radius 3 is 3.05 bits per heavy atom. The second-order valence-electron chi connectivity index (χ2n) is 4.80. The quantitative estimate of drug-likeness (QED) is 0.749. The number of rotatable bonds is 5. The molecule has 0 N–H and O–H groups in total. The summed E-state index contributed by atoms with van der Waals surface area (Å²) in [4.78, 5) is 22.2. The Hall–Kier alpha value is -1.89. The predicted molar refractivity (Wildman–Crippen MR) is 76.5 cm³/mol. The second-order valence-corrected chi connectivity index (χ2v) is 4.80. The lowest BCUT2D eigenvalue weighted by Crippen LogP contribution is -2.44. The maximum atomic E-state index is 11.3. The Morgan fingerprint density at radius 1 is 1.52 bits per heavy atom. The third-order valence-corrected chi connectivity index (χ3v) is 3.15. The number of methoxy groups -OCH3 is 1. The fourth-order valence-electron chi connectivity index (χ4n) is 2.18. The van der Waals surface area contributed by atoms with Crippen molar-refractivity contribution in [1.29, 1.82) is 0 Å². The van der Waals surface area contributed by atoms with Gasteiger partial charge in [-0.3, -0.25) is 4.79 Å². The van der Waals surface area contributed by atoms with Gasteiger partial charge in [0.2, 0.25) is 11.8 Å². The molecule has 0 bridgehead atoms. The summed E-state index contributed by atoms with van der Waals surface area (Å²) in [6.07, 6.45) is 0.0304. The summed E-state index contributed by atoms with van der Waals surface area (Å²) < 4.78 is 15.7. The Labute approximate surface area is 124 Å². The van der Waals surface area contributed by atoms with Gasteiger partial charge in [-0.1, -0.05) is 0 Å². The van der Waals surface area contributed by atoms with Crippen molar-refractivity contribution in [3.8, 4) is 5.88 Å². The Kier molecular flexibility index (Phi) is 5.32. The van der Waals surface area contributed by atoms with Crippen LogP contribution in [0.25, 0.3) is 0 Å². The molecular weight excluding hydrogens is 274 g/mol. The van der Waals surface area contributed by atoms with Gasteiger partial charge < -0.3 is 19.1 Å². The van der Waals surface area contributed by atoms with Gasteiger partial charge in [0, 0.05) is 24.8 Å². The largest absolute Gasteiger partial charge is 0.478 e. The van der Waals surface area contributed by atoms with Crippen molar-refractivity contribution in [1.82, 2.24) is 9.97 Å². The van der Waals surface area contributed by atoms with Crippen LogP contribution in [0.3, 0.4) is 0 Å². The van der Waals surface area contributed by atoms with Crippen LogP contribution in [-0.4, -0.2) is 55.5 Å². The van der Waals surface area contributed by atoms with E-state index in [9.17, 15) is 4.79 Å². The third kappa shape index (κ3) is 4.29. The van der Waals surface area contributed by atoms with Crippen LogP contribution in [0.1, 0.15) is 19.0 Å². The van der Waals surface area contributed by atoms with Crippen LogP contribution < -0.4 is 9.64 Å². The summed E-state index contributed by atoms with van der Waals surface area (Å²) in [7, 11) is 1.38. The molecule has 1 aromatic rings. The first-order chi connectivity index (χ1) is 10.1. The number of anilines is 1. The molecule has 2 rings (SSSR count). The van der Waals surface area contributed by atoms with Crippen molar-refractivity contribution in [3.05, 3.63) is 11.8 Å². The molecule has 1 saturated heterocycles. The molecule has 7 heteroatoms. The standard InChI is InChI=1S/C14H21N3O4/c1-4-20-12-7-10(2)15-14(16-12)17-5-6-21-11(9-17)8-13(18)19-3/h7,11H,4-6,8-9H2,1-3H3. The molecule has 0 saturated carbocycles. The summed E-state index contributed by atoms with van der Waals surface area (Å²) >= 11 is 0. The summed E-state index contributed by atoms with van der Waals surface area (Å²) in [6.45, 7) is 6.15. The minimum atomic E-state index is -0.276. The average molecular weight is 295 g/mol. The molecule has 1 aliphatic heterocycles. The molecule has 0 aliphatic carbocycles. The van der Waals surface area contributed by atoms with E-state index < -0.39 is 0 Å². The smallest absolute Gasteiger partial charge is 0.308 e. The number of nitrogens with zero attached hydrogens (tertiary/aromatic N) is 3. The minimum absolute atomic E-state index is 0.203. The number of carbonyl (C=O) groups excluding carboxylic acids is 1. The summed E-state index contributed by atoms with van der Waals surface area (Å²) in [5.41, 5.74) is 0.847. The highest BCUT2D eigenvalue weighted by atomic mass is 16.5. The van der Waals surface area contributed by atoms with Gasteiger partial charge in [-0.25, -0.2) is 4.98 Å². The van der Waals surface area contributed by atoms with E-state index in [1.54, 1.807) is 6.07 Å². The monoisotopic (exact) mass is 295 g/mol. The zero-order valence-electron chi connectivity index (χ0n) is 12.7. The number of carbonyl (C=O) groups is 1. The van der Waals surface area contributed by atoms with Gasteiger partial charge in [-0.15, -0.1) is 0 Å². The Morgan fingerprint density at radius 2 is 2.33 bits per heavy atom. The van der Waals surface area contributed by atoms with Crippen molar-refractivity contribution in [3.63, 3.8) is 0 Å². The first-order valence-corrected chi connectivity index (χ1v) is 7.04. The lowest BCUT2D eigenvalue weighted by Gasteiger charge is -2.32. The molecule has 0 radical (unpaired) electrons. The SMILES string of the molecule is CCOc1cc(C)nc(N2CCOC(CC(=O)OC)C2)n1. The van der Waals surface area contributed by atoms with E-state index >= 15 is 0 Å². The Bertz CT molecular complexity index is 495. The number of hydrogen-bond acceptors (Lipinski definition) is 7. The summed E-state index contributed by atoms with van der Waals surface area (Å²) in [5.74, 6) is 0.898. The molecule has 7 nitrogen and oxygen atoms in total. The predicted octanol–water partition coefficient (Wildman–Crippen LogP) is 0.952. The van der Waals surface area contributed by atoms with Crippen LogP contribution in [0.15, 0.2) is 6.07 Å². The molecule has 1 aromatic heterocycles. The highest BCUT2D eigenvalue weighted by molar-refractivity contribution is 5.69. The number of hydrogen-bond donors (Lipinski definition) is 0. The number of aryl methyl sites for hydroxylation is 1. The van der Waals surface area contributed by atoms with Crippen molar-refractivity contribution in [2.75, 3.05) is 38.3 Å². The number of morpholine rings is 1. The summed E-state index contributed by atoms with van der Waals surface area (Å²) in [6, 6.07) is 1.80. The fourth-order valence-corrected chi connectivity index (χ4v) is 2.18. The molecule has 1 atom stereocenters. The maximum Gasteiger partial charge on any atom is 0.308 e. The average Bonchev–Trinajstić information content (AvgIpc) is 2.47. The van der Waals surface area contributed by atoms with E-state index in [-0.39, 0.29) is 18.5 Å². The van der Waals surface area contributed by atoms with Crippen LogP contribution in [0, 0.1) is 6.92 Å². The van der Waals surface area contributed by atoms with E-state index in [2.05, 4.69) is 14.7 Å². The van der Waals surface area contributed by atoms with Crippen molar-refractivity contribution < 1.29 is 19.0 Å². The summed E-state index contributed by atoms with van der Waals surface area (Å²) in [5, 5.41) is 0. The molecule has 2 heterocycles. The molecule has 0 aromatic carbocycles. The van der Waals surface area contributed by atoms with Gasteiger partial charge in [0.25, 0.3) is 0 Å². The van der Waals surface area contributed by atoms with Crippen LogP contribution in [0.2, 0.25) is 0 Å². The third-order valence-electron chi connectivity index (χ3n) is 3.15. The van der Waals surface area contributed by atoms with Crippen LogP contribution >= 0.6 is 0 Å². The lowest BCUT2D eigenvalue weighted by molar-refractivity contribution is -0.144. The van der Waals surface area contributed by atoms with Crippen LogP contribution in [0.4, 0.5) is 5.95 Å². The molecule has 1 aliphatic rings. The Balaban J connectivity index is 2.08. The van der Waals surface area contributed by atoms with E-state index in [0.29, 0.717) is 38.1 Å². The molecule has 0 amide bonds. The van der Waals surface area contributed by atoms with Gasteiger partial charge in [0.05, 0.1) is 32.8 Å². The van der Waals surface area contributed by atoms with Gasteiger partial charge in [0.15, 0.2) is 0 Å². The molecule has 1 unspecified atom stereocenters. The van der Waals surface area contributed by atoms with Gasteiger partial charge >= 0.3 is 5.97 Å². The molecule has 1 fully saturated rings. The van der Waals surface area contributed by atoms with Crippen molar-refractivity contribution >= 4 is 11.9 Å². The number of ether oxygens (including phenoxy) is 3. The molecular formula is C14H21N3O4. The van der Waals surface area contributed by atoms with Gasteiger partial charge in [-0.05, 0) is 13.8 Å². The van der Waals surface area contributed by atoms with Crippen molar-refractivity contribution in [2.45, 2.75) is 26.4 Å². The zero-order valence-corrected chi connectivity index (χ0v) is 12.7. The van der Waals surface area contributed by atoms with Crippen molar-refractivity contribution in [2.24, 2.45) is 0 Å². The lowest BCUT2D eigenvalue weighted by atomic mass is 10.2. The number of aromatic nitrogens is 2. The fraction of sp³-hybridized carbons (Fsp3) is 0.643. The first kappa shape index (κ1) is 15.5. The van der Waals surface area contributed by atoms with Gasteiger partial charge in [-0.2, -0.15) is 4.98 Å². The first-order valence-electron chi connectivity index (χ1n) is 7.04. The normalized spacial score (nSPS) is 18.4. The molecule has 0 spiro atoms. The van der Waals surface area contributed by atoms with E-state index in [1.165, 1.54) is 7.11 Å². The van der Waals surface area contributed by atoms with E-state index in [1.807, 2.05) is 18.7 Å².